The quantitative estimate of drug-likeness (QED) is 0.670. The van der Waals surface area contributed by atoms with Crippen molar-refractivity contribution in [1.29, 1.82) is 0 Å². The summed E-state index contributed by atoms with van der Waals surface area (Å²) in [4.78, 5) is 8.98. The molecule has 84 valence electrons. The number of hydrogen-bond donors (Lipinski definition) is 0. The van der Waals surface area contributed by atoms with E-state index in [0.717, 1.165) is 22.5 Å². The Kier molecular flexibility index (Phi) is 2.45. The number of nitrogens with zero attached hydrogens (tertiary/aromatic N) is 2. The molecule has 0 amide bonds. The van der Waals surface area contributed by atoms with Crippen LogP contribution in [0, 0.1) is 13.8 Å². The van der Waals surface area contributed by atoms with Crippen molar-refractivity contribution in [2.75, 3.05) is 0 Å². The number of aryl methyl sites for hydroxylation is 2. The Morgan fingerprint density at radius 3 is 2.38 bits per heavy atom. The lowest BCUT2D eigenvalue weighted by Gasteiger charge is -2.18. The maximum Gasteiger partial charge on any atom is 0.0469 e. The highest BCUT2D eigenvalue weighted by molar-refractivity contribution is 5.84. The van der Waals surface area contributed by atoms with Gasteiger partial charge in [0.25, 0.3) is 0 Å². The fourth-order valence-corrected chi connectivity index (χ4v) is 1.88. The maximum atomic E-state index is 4.53. The van der Waals surface area contributed by atoms with Crippen LogP contribution in [-0.2, 0) is 5.41 Å². The first-order valence-electron chi connectivity index (χ1n) is 5.62. The first-order chi connectivity index (χ1) is 7.38. The van der Waals surface area contributed by atoms with Gasteiger partial charge in [0.2, 0.25) is 0 Å². The van der Waals surface area contributed by atoms with Gasteiger partial charge in [0.1, 0.15) is 0 Å². The van der Waals surface area contributed by atoms with E-state index in [2.05, 4.69) is 42.9 Å². The minimum Gasteiger partial charge on any atom is -0.260 e. The lowest BCUT2D eigenvalue weighted by Crippen LogP contribution is -2.13. The molecule has 0 atom stereocenters. The molecule has 0 unspecified atom stereocenters. The van der Waals surface area contributed by atoms with Gasteiger partial charge in [0.15, 0.2) is 0 Å². The van der Waals surface area contributed by atoms with Crippen molar-refractivity contribution in [3.63, 3.8) is 0 Å². The largest absolute Gasteiger partial charge is 0.260 e. The van der Waals surface area contributed by atoms with Crippen LogP contribution in [0.1, 0.15) is 37.9 Å². The summed E-state index contributed by atoms with van der Waals surface area (Å²) in [6, 6.07) is 4.30. The first-order valence-corrected chi connectivity index (χ1v) is 5.62. The Hall–Kier alpha value is -1.44. The van der Waals surface area contributed by atoms with Crippen LogP contribution < -0.4 is 0 Å². The van der Waals surface area contributed by atoms with Crippen LogP contribution in [0.4, 0.5) is 0 Å². The van der Waals surface area contributed by atoms with E-state index in [-0.39, 0.29) is 5.41 Å². The summed E-state index contributed by atoms with van der Waals surface area (Å²) in [5.74, 6) is 0. The molecular formula is C14H18N2. The molecular weight excluding hydrogens is 196 g/mol. The topological polar surface area (TPSA) is 25.8 Å². The second-order valence-corrected chi connectivity index (χ2v) is 5.39. The zero-order valence-electron chi connectivity index (χ0n) is 10.6. The van der Waals surface area contributed by atoms with Crippen molar-refractivity contribution >= 4 is 10.8 Å². The van der Waals surface area contributed by atoms with Gasteiger partial charge in [-0.1, -0.05) is 20.8 Å². The summed E-state index contributed by atoms with van der Waals surface area (Å²) >= 11 is 0. The number of fused-ring (bicyclic) bond motifs is 1. The van der Waals surface area contributed by atoms with Crippen LogP contribution in [0.25, 0.3) is 10.8 Å². The fourth-order valence-electron chi connectivity index (χ4n) is 1.88. The number of pyridine rings is 2. The molecule has 0 spiro atoms. The molecule has 0 aliphatic carbocycles. The normalized spacial score (nSPS) is 12.1. The van der Waals surface area contributed by atoms with Crippen molar-refractivity contribution in [3.05, 3.63) is 35.4 Å². The van der Waals surface area contributed by atoms with Crippen LogP contribution in [0.5, 0.6) is 0 Å². The van der Waals surface area contributed by atoms with Crippen molar-refractivity contribution < 1.29 is 0 Å². The highest BCUT2D eigenvalue weighted by atomic mass is 14.7. The van der Waals surface area contributed by atoms with Gasteiger partial charge in [0.05, 0.1) is 0 Å². The molecule has 0 fully saturated rings. The van der Waals surface area contributed by atoms with Crippen LogP contribution in [0.2, 0.25) is 0 Å². The van der Waals surface area contributed by atoms with E-state index in [9.17, 15) is 0 Å². The predicted octanol–water partition coefficient (Wildman–Crippen LogP) is 3.54. The van der Waals surface area contributed by atoms with Gasteiger partial charge in [-0.15, -0.1) is 0 Å². The lowest BCUT2D eigenvalue weighted by molar-refractivity contribution is 0.570. The zero-order valence-corrected chi connectivity index (χ0v) is 10.6. The van der Waals surface area contributed by atoms with E-state index >= 15 is 0 Å². The van der Waals surface area contributed by atoms with Gasteiger partial charge in [-0.05, 0) is 31.4 Å². The Bertz CT molecular complexity index is 536. The van der Waals surface area contributed by atoms with Crippen LogP contribution in [-0.4, -0.2) is 9.97 Å². The maximum absolute atomic E-state index is 4.53. The molecule has 0 bridgehead atoms. The monoisotopic (exact) mass is 214 g/mol. The highest BCUT2D eigenvalue weighted by Gasteiger charge is 2.15. The van der Waals surface area contributed by atoms with E-state index < -0.39 is 0 Å². The van der Waals surface area contributed by atoms with E-state index in [4.69, 9.17) is 0 Å². The third kappa shape index (κ3) is 1.92. The Balaban J connectivity index is 2.71. The molecule has 16 heavy (non-hydrogen) atoms. The summed E-state index contributed by atoms with van der Waals surface area (Å²) in [7, 11) is 0. The molecule has 2 heterocycles. The van der Waals surface area contributed by atoms with Gasteiger partial charge in [-0.3, -0.25) is 9.97 Å². The van der Waals surface area contributed by atoms with Crippen LogP contribution in [0.3, 0.4) is 0 Å². The third-order valence-electron chi connectivity index (χ3n) is 2.80. The van der Waals surface area contributed by atoms with E-state index in [1.807, 2.05) is 20.0 Å². The van der Waals surface area contributed by atoms with Crippen LogP contribution >= 0.6 is 0 Å². The Morgan fingerprint density at radius 1 is 1.06 bits per heavy atom. The minimum atomic E-state index is 0.0965. The SMILES string of the molecule is Cc1cc2cc(C(C)(C)C)ncc2c(C)n1. The summed E-state index contributed by atoms with van der Waals surface area (Å²) < 4.78 is 0. The summed E-state index contributed by atoms with van der Waals surface area (Å²) in [5.41, 5.74) is 3.35. The van der Waals surface area contributed by atoms with Gasteiger partial charge in [-0.2, -0.15) is 0 Å². The molecule has 0 N–H and O–H groups in total. The molecule has 2 nitrogen and oxygen atoms in total. The van der Waals surface area contributed by atoms with Gasteiger partial charge in [0, 0.05) is 34.1 Å². The third-order valence-corrected chi connectivity index (χ3v) is 2.80. The molecule has 0 saturated heterocycles. The smallest absolute Gasteiger partial charge is 0.0469 e. The Labute approximate surface area is 96.7 Å². The first kappa shape index (κ1) is 11.1. The number of rotatable bonds is 0. The minimum absolute atomic E-state index is 0.0965. The summed E-state index contributed by atoms with van der Waals surface area (Å²) in [5, 5.41) is 2.39. The molecule has 0 aliphatic rings. The lowest BCUT2D eigenvalue weighted by atomic mass is 9.90. The Morgan fingerprint density at radius 2 is 1.75 bits per heavy atom. The zero-order chi connectivity index (χ0) is 11.9. The van der Waals surface area contributed by atoms with E-state index in [1.54, 1.807) is 0 Å². The molecule has 2 aromatic heterocycles. The molecule has 0 aromatic carbocycles. The van der Waals surface area contributed by atoms with Crippen molar-refractivity contribution in [1.82, 2.24) is 9.97 Å². The molecule has 2 rings (SSSR count). The average molecular weight is 214 g/mol. The average Bonchev–Trinajstić information content (AvgIpc) is 2.15. The van der Waals surface area contributed by atoms with E-state index in [0.29, 0.717) is 0 Å². The van der Waals surface area contributed by atoms with Crippen LogP contribution in [0.15, 0.2) is 18.3 Å². The summed E-state index contributed by atoms with van der Waals surface area (Å²) in [6.07, 6.45) is 1.94. The highest BCUT2D eigenvalue weighted by Crippen LogP contribution is 2.25. The fraction of sp³-hybridized carbons (Fsp3) is 0.429. The van der Waals surface area contributed by atoms with Gasteiger partial charge >= 0.3 is 0 Å². The second-order valence-electron chi connectivity index (χ2n) is 5.39. The van der Waals surface area contributed by atoms with Crippen molar-refractivity contribution in [2.45, 2.75) is 40.0 Å². The standard InChI is InChI=1S/C14H18N2/c1-9-6-11-7-13(14(3,4)5)15-8-12(11)10(2)16-9/h6-8H,1-5H3. The van der Waals surface area contributed by atoms with E-state index in [1.165, 1.54) is 5.39 Å². The molecule has 0 saturated carbocycles. The van der Waals surface area contributed by atoms with Crippen molar-refractivity contribution in [3.8, 4) is 0 Å². The molecule has 2 aromatic rings. The van der Waals surface area contributed by atoms with Crippen molar-refractivity contribution in [2.24, 2.45) is 0 Å². The predicted molar refractivity (Wildman–Crippen MR) is 67.7 cm³/mol. The molecule has 2 heteroatoms. The molecule has 0 radical (unpaired) electrons. The second kappa shape index (κ2) is 3.55. The number of hydrogen-bond acceptors (Lipinski definition) is 2. The molecule has 0 aliphatic heterocycles. The summed E-state index contributed by atoms with van der Waals surface area (Å²) in [6.45, 7) is 10.6. The number of aromatic nitrogens is 2. The van der Waals surface area contributed by atoms with Gasteiger partial charge in [-0.25, -0.2) is 0 Å². The van der Waals surface area contributed by atoms with Gasteiger partial charge < -0.3 is 0 Å².